The summed E-state index contributed by atoms with van der Waals surface area (Å²) in [7, 11) is 1.63. The van der Waals surface area contributed by atoms with Gasteiger partial charge in [0, 0.05) is 30.3 Å². The van der Waals surface area contributed by atoms with E-state index in [2.05, 4.69) is 9.88 Å². The number of methoxy groups -OCH3 is 1. The molecule has 1 aliphatic heterocycles. The Morgan fingerprint density at radius 1 is 1.28 bits per heavy atom. The van der Waals surface area contributed by atoms with Crippen molar-refractivity contribution in [3.63, 3.8) is 0 Å². The van der Waals surface area contributed by atoms with Crippen LogP contribution >= 0.6 is 11.8 Å². The van der Waals surface area contributed by atoms with Gasteiger partial charge in [-0.1, -0.05) is 11.8 Å². The summed E-state index contributed by atoms with van der Waals surface area (Å²) < 4.78 is 10.8. The molecule has 1 saturated heterocycles. The van der Waals surface area contributed by atoms with Crippen molar-refractivity contribution in [3.8, 4) is 5.75 Å². The molecular formula is C28H36N2O5S. The van der Waals surface area contributed by atoms with Crippen molar-refractivity contribution in [2.75, 3.05) is 32.5 Å². The van der Waals surface area contributed by atoms with Gasteiger partial charge in [-0.3, -0.25) is 9.78 Å². The molecule has 0 saturated carbocycles. The van der Waals surface area contributed by atoms with E-state index in [-0.39, 0.29) is 6.42 Å². The maximum atomic E-state index is 11.3. The average Bonchev–Trinajstić information content (AvgIpc) is 3.42. The first kappa shape index (κ1) is 26.5. The lowest BCUT2D eigenvalue weighted by molar-refractivity contribution is -0.137. The highest BCUT2D eigenvalue weighted by Crippen LogP contribution is 2.35. The molecular weight excluding hydrogens is 476 g/mol. The summed E-state index contributed by atoms with van der Waals surface area (Å²) in [5.41, 5.74) is 1.71. The van der Waals surface area contributed by atoms with Crippen LogP contribution in [0.5, 0.6) is 5.75 Å². The predicted molar refractivity (Wildman–Crippen MR) is 141 cm³/mol. The van der Waals surface area contributed by atoms with Gasteiger partial charge in [-0.25, -0.2) is 0 Å². The number of likely N-dealkylation sites (tertiary alicyclic amines) is 1. The minimum absolute atomic E-state index is 0.195. The average molecular weight is 513 g/mol. The number of carboxylic acids is 1. The molecule has 2 unspecified atom stereocenters. The first-order chi connectivity index (χ1) is 17.5. The third-order valence-corrected chi connectivity index (χ3v) is 8.22. The number of carboxylic acid groups (broad SMARTS) is 1. The van der Waals surface area contributed by atoms with E-state index in [0.29, 0.717) is 24.7 Å². The van der Waals surface area contributed by atoms with E-state index >= 15 is 0 Å². The highest BCUT2D eigenvalue weighted by molar-refractivity contribution is 7.99. The number of aliphatic hydroxyl groups excluding tert-OH is 1. The highest BCUT2D eigenvalue weighted by Gasteiger charge is 2.30. The summed E-state index contributed by atoms with van der Waals surface area (Å²) in [5, 5.41) is 22.3. The second kappa shape index (κ2) is 13.1. The number of hydrogen-bond donors (Lipinski definition) is 2. The normalized spacial score (nSPS) is 19.4. The first-order valence-corrected chi connectivity index (χ1v) is 13.7. The number of pyridine rings is 1. The van der Waals surface area contributed by atoms with Crippen LogP contribution in [0, 0.1) is 11.8 Å². The van der Waals surface area contributed by atoms with Crippen LogP contribution in [0.1, 0.15) is 50.2 Å². The second-order valence-corrected chi connectivity index (χ2v) is 10.7. The maximum absolute atomic E-state index is 11.3. The molecule has 4 rings (SSSR count). The number of ether oxygens (including phenoxy) is 1. The van der Waals surface area contributed by atoms with Gasteiger partial charge in [-0.2, -0.15) is 0 Å². The summed E-state index contributed by atoms with van der Waals surface area (Å²) in [4.78, 5) is 18.2. The zero-order valence-corrected chi connectivity index (χ0v) is 21.7. The van der Waals surface area contributed by atoms with Gasteiger partial charge in [0.25, 0.3) is 0 Å². The predicted octanol–water partition coefficient (Wildman–Crippen LogP) is 5.64. The van der Waals surface area contributed by atoms with Gasteiger partial charge < -0.3 is 24.3 Å². The van der Waals surface area contributed by atoms with E-state index < -0.39 is 12.1 Å². The van der Waals surface area contributed by atoms with Crippen molar-refractivity contribution in [2.24, 2.45) is 11.8 Å². The number of fused-ring (bicyclic) bond motifs is 1. The fourth-order valence-corrected chi connectivity index (χ4v) is 6.05. The van der Waals surface area contributed by atoms with Crippen LogP contribution in [0.15, 0.2) is 58.4 Å². The molecule has 0 spiro atoms. The number of benzene rings is 1. The molecule has 0 amide bonds. The van der Waals surface area contributed by atoms with Gasteiger partial charge in [-0.15, -0.1) is 0 Å². The van der Waals surface area contributed by atoms with Crippen molar-refractivity contribution in [3.05, 3.63) is 54.4 Å². The molecule has 0 bridgehead atoms. The smallest absolute Gasteiger partial charge is 0.303 e. The van der Waals surface area contributed by atoms with Crippen LogP contribution in [-0.2, 0) is 4.79 Å². The Labute approximate surface area is 216 Å². The number of thioether (sulfide) groups is 1. The molecule has 194 valence electrons. The fourth-order valence-electron chi connectivity index (χ4n) is 5.27. The molecule has 8 heteroatoms. The maximum Gasteiger partial charge on any atom is 0.303 e. The zero-order valence-electron chi connectivity index (χ0n) is 20.8. The Kier molecular flexibility index (Phi) is 9.67. The standard InChI is InChI=1S/C28H36N2O5S/c1-34-22-7-8-25-24(18-22)23(11-13-29-25)26(31)9-5-20-12-15-30(19-21(20)6-10-27(32)33)14-3-17-36-28-4-2-16-35-28/h2,4,7-8,11,13,16,18,20-21,26,31H,3,5-6,9-10,12,14-15,17,19H2,1H3,(H,32,33)/t20?,21?,26-/m0/s1. The van der Waals surface area contributed by atoms with Crippen molar-refractivity contribution in [1.29, 1.82) is 0 Å². The number of aromatic nitrogens is 1. The van der Waals surface area contributed by atoms with E-state index in [1.807, 2.05) is 36.4 Å². The summed E-state index contributed by atoms with van der Waals surface area (Å²) >= 11 is 1.73. The lowest BCUT2D eigenvalue weighted by atomic mass is 9.79. The number of nitrogens with zero attached hydrogens (tertiary/aromatic N) is 2. The third-order valence-electron chi connectivity index (χ3n) is 7.21. The summed E-state index contributed by atoms with van der Waals surface area (Å²) in [6.07, 6.45) is 7.35. The first-order valence-electron chi connectivity index (χ1n) is 12.7. The third kappa shape index (κ3) is 7.24. The van der Waals surface area contributed by atoms with E-state index in [1.54, 1.807) is 31.3 Å². The van der Waals surface area contributed by atoms with Gasteiger partial charge in [0.05, 0.1) is 25.0 Å². The number of aliphatic carboxylic acids is 1. The fraction of sp³-hybridized carbons (Fsp3) is 0.500. The molecule has 2 N–H and O–H groups in total. The minimum Gasteiger partial charge on any atom is -0.497 e. The molecule has 1 aliphatic rings. The minimum atomic E-state index is -0.738. The zero-order chi connectivity index (χ0) is 25.3. The lowest BCUT2D eigenvalue weighted by Crippen LogP contribution is -2.41. The number of hydrogen-bond acceptors (Lipinski definition) is 7. The monoisotopic (exact) mass is 512 g/mol. The Bertz CT molecular complexity index is 1110. The summed E-state index contributed by atoms with van der Waals surface area (Å²) in [5.74, 6) is 1.75. The van der Waals surface area contributed by atoms with Crippen LogP contribution in [-0.4, -0.2) is 58.6 Å². The van der Waals surface area contributed by atoms with Crippen molar-refractivity contribution in [1.82, 2.24) is 9.88 Å². The molecule has 0 aliphatic carbocycles. The van der Waals surface area contributed by atoms with Crippen LogP contribution in [0.2, 0.25) is 0 Å². The van der Waals surface area contributed by atoms with E-state index in [1.165, 1.54) is 0 Å². The van der Waals surface area contributed by atoms with Crippen molar-refractivity contribution < 1.29 is 24.2 Å². The topological polar surface area (TPSA) is 96.0 Å². The molecule has 36 heavy (non-hydrogen) atoms. The van der Waals surface area contributed by atoms with Crippen LogP contribution in [0.4, 0.5) is 0 Å². The van der Waals surface area contributed by atoms with Crippen molar-refractivity contribution >= 4 is 28.6 Å². The van der Waals surface area contributed by atoms with Crippen LogP contribution < -0.4 is 4.74 Å². The highest BCUT2D eigenvalue weighted by atomic mass is 32.2. The van der Waals surface area contributed by atoms with Gasteiger partial charge in [0.2, 0.25) is 0 Å². The molecule has 3 atom stereocenters. The number of piperidine rings is 1. The van der Waals surface area contributed by atoms with Crippen LogP contribution in [0.25, 0.3) is 10.9 Å². The van der Waals surface area contributed by atoms with E-state index in [9.17, 15) is 15.0 Å². The van der Waals surface area contributed by atoms with Crippen molar-refractivity contribution in [2.45, 2.75) is 49.7 Å². The van der Waals surface area contributed by atoms with Crippen LogP contribution in [0.3, 0.4) is 0 Å². The Morgan fingerprint density at radius 3 is 2.94 bits per heavy atom. The Balaban J connectivity index is 1.33. The number of aliphatic hydroxyl groups is 1. The molecule has 7 nitrogen and oxygen atoms in total. The molecule has 2 aromatic heterocycles. The molecule has 1 fully saturated rings. The van der Waals surface area contributed by atoms with Gasteiger partial charge in [0.15, 0.2) is 5.09 Å². The molecule has 3 aromatic rings. The number of carbonyl (C=O) groups is 1. The summed E-state index contributed by atoms with van der Waals surface area (Å²) in [6.45, 7) is 2.96. The number of rotatable bonds is 13. The SMILES string of the molecule is COc1ccc2nccc([C@@H](O)CCC3CCN(CCCSc4ccco4)CC3CCC(=O)O)c2c1. The van der Waals surface area contributed by atoms with Gasteiger partial charge in [0.1, 0.15) is 5.75 Å². The van der Waals surface area contributed by atoms with E-state index in [4.69, 9.17) is 9.15 Å². The second-order valence-electron chi connectivity index (χ2n) is 9.55. The molecule has 3 heterocycles. The molecule has 1 aromatic carbocycles. The Morgan fingerprint density at radius 2 is 2.17 bits per heavy atom. The largest absolute Gasteiger partial charge is 0.497 e. The summed E-state index contributed by atoms with van der Waals surface area (Å²) in [6, 6.07) is 11.5. The van der Waals surface area contributed by atoms with E-state index in [0.717, 1.165) is 72.0 Å². The van der Waals surface area contributed by atoms with Gasteiger partial charge in [-0.05, 0) is 99.0 Å². The Hall–Kier alpha value is -2.55. The lowest BCUT2D eigenvalue weighted by Gasteiger charge is -2.39. The number of furan rings is 1. The molecule has 0 radical (unpaired) electrons. The van der Waals surface area contributed by atoms with Gasteiger partial charge >= 0.3 is 5.97 Å². The quantitative estimate of drug-likeness (QED) is 0.225.